The molecule has 0 aliphatic heterocycles. The van der Waals surface area contributed by atoms with Crippen LogP contribution < -0.4 is 0 Å². The Labute approximate surface area is 129 Å². The van der Waals surface area contributed by atoms with Gasteiger partial charge in [-0.2, -0.15) is 0 Å². The van der Waals surface area contributed by atoms with Crippen molar-refractivity contribution in [3.63, 3.8) is 0 Å². The third kappa shape index (κ3) is 1.98. The molecule has 0 radical (unpaired) electrons. The largest absolute Gasteiger partial charge is 0.346 e. The van der Waals surface area contributed by atoms with Crippen molar-refractivity contribution in [3.8, 4) is 11.1 Å². The minimum absolute atomic E-state index is 0.513. The molecule has 0 fully saturated rings. The van der Waals surface area contributed by atoms with Crippen molar-refractivity contribution >= 4 is 21.8 Å². The second-order valence-corrected chi connectivity index (χ2v) is 5.92. The van der Waals surface area contributed by atoms with Gasteiger partial charge in [0.05, 0.1) is 11.8 Å². The molecule has 4 rings (SSSR count). The molecule has 0 spiro atoms. The molecule has 0 saturated heterocycles. The number of benzene rings is 2. The van der Waals surface area contributed by atoms with E-state index in [-0.39, 0.29) is 0 Å². The van der Waals surface area contributed by atoms with Gasteiger partial charge in [-0.05, 0) is 29.2 Å². The average molecular weight is 287 g/mol. The van der Waals surface area contributed by atoms with Crippen LogP contribution in [0.5, 0.6) is 0 Å². The topological polar surface area (TPSA) is 41.6 Å². The first kappa shape index (κ1) is 13.0. The predicted octanol–water partition coefficient (Wildman–Crippen LogP) is 4.90. The lowest BCUT2D eigenvalue weighted by atomic mass is 9.95. The second-order valence-electron chi connectivity index (χ2n) is 5.92. The fourth-order valence-electron chi connectivity index (χ4n) is 2.96. The maximum absolute atomic E-state index is 4.58. The number of hydrogen-bond donors (Lipinski definition) is 1. The molecule has 0 unspecified atom stereocenters. The quantitative estimate of drug-likeness (QED) is 0.569. The maximum Gasteiger partial charge on any atom is 0.0923 e. The van der Waals surface area contributed by atoms with Gasteiger partial charge in [-0.15, -0.1) is 0 Å². The van der Waals surface area contributed by atoms with E-state index in [4.69, 9.17) is 0 Å². The Morgan fingerprint density at radius 1 is 1.05 bits per heavy atom. The molecule has 0 atom stereocenters. The van der Waals surface area contributed by atoms with Gasteiger partial charge in [0.2, 0.25) is 0 Å². The Morgan fingerprint density at radius 2 is 1.95 bits per heavy atom. The lowest BCUT2D eigenvalue weighted by Crippen LogP contribution is -1.90. The highest BCUT2D eigenvalue weighted by Crippen LogP contribution is 2.34. The minimum atomic E-state index is 0.513. The Hall–Kier alpha value is -2.68. The molecule has 22 heavy (non-hydrogen) atoms. The van der Waals surface area contributed by atoms with E-state index in [2.05, 4.69) is 65.2 Å². The van der Waals surface area contributed by atoms with Crippen LogP contribution in [0, 0.1) is 0 Å². The zero-order valence-electron chi connectivity index (χ0n) is 12.7. The summed E-state index contributed by atoms with van der Waals surface area (Å²) in [5.74, 6) is 0.513. The van der Waals surface area contributed by atoms with Crippen molar-refractivity contribution in [2.45, 2.75) is 19.8 Å². The van der Waals surface area contributed by atoms with E-state index in [0.29, 0.717) is 5.92 Å². The summed E-state index contributed by atoms with van der Waals surface area (Å²) in [5.41, 5.74) is 5.84. The first-order chi connectivity index (χ1) is 10.7. The number of hydrogen-bond acceptors (Lipinski definition) is 2. The molecule has 2 heterocycles. The highest BCUT2D eigenvalue weighted by atomic mass is 14.8. The van der Waals surface area contributed by atoms with Crippen LogP contribution >= 0.6 is 0 Å². The van der Waals surface area contributed by atoms with Crippen LogP contribution in [0.15, 0.2) is 55.1 Å². The SMILES string of the molecule is CC(C)c1cccc(-c2cc3[nH]cncc3c3ccnc23)c1. The molecule has 3 heteroatoms. The van der Waals surface area contributed by atoms with E-state index in [9.17, 15) is 0 Å². The van der Waals surface area contributed by atoms with Gasteiger partial charge in [0, 0.05) is 34.2 Å². The molecule has 1 N–H and O–H groups in total. The normalized spacial score (nSPS) is 11.6. The van der Waals surface area contributed by atoms with Gasteiger partial charge >= 0.3 is 0 Å². The van der Waals surface area contributed by atoms with Crippen molar-refractivity contribution in [2.75, 3.05) is 0 Å². The van der Waals surface area contributed by atoms with E-state index in [0.717, 1.165) is 27.4 Å². The van der Waals surface area contributed by atoms with Gasteiger partial charge in [-0.1, -0.05) is 38.1 Å². The number of rotatable bonds is 2. The summed E-state index contributed by atoms with van der Waals surface area (Å²) in [6, 6.07) is 13.0. The molecule has 3 nitrogen and oxygen atoms in total. The predicted molar refractivity (Wildman–Crippen MR) is 90.9 cm³/mol. The third-order valence-corrected chi connectivity index (χ3v) is 4.19. The van der Waals surface area contributed by atoms with Crippen molar-refractivity contribution in [3.05, 3.63) is 60.7 Å². The highest BCUT2D eigenvalue weighted by molar-refractivity contribution is 6.11. The van der Waals surface area contributed by atoms with Crippen LogP contribution in [-0.2, 0) is 0 Å². The smallest absolute Gasteiger partial charge is 0.0923 e. The van der Waals surface area contributed by atoms with E-state index >= 15 is 0 Å². The maximum atomic E-state index is 4.58. The molecule has 0 bridgehead atoms. The Kier molecular flexibility index (Phi) is 2.93. The van der Waals surface area contributed by atoms with Crippen molar-refractivity contribution in [1.29, 1.82) is 0 Å². The van der Waals surface area contributed by atoms with Crippen LogP contribution in [-0.4, -0.2) is 15.0 Å². The number of fused-ring (bicyclic) bond motifs is 3. The molecule has 0 amide bonds. The molecule has 2 aromatic carbocycles. The van der Waals surface area contributed by atoms with Gasteiger partial charge in [-0.3, -0.25) is 4.98 Å². The van der Waals surface area contributed by atoms with Crippen LogP contribution in [0.2, 0.25) is 0 Å². The number of aromatic nitrogens is 3. The number of aromatic amines is 1. The van der Waals surface area contributed by atoms with Gasteiger partial charge < -0.3 is 4.98 Å². The zero-order valence-corrected chi connectivity index (χ0v) is 12.7. The first-order valence-corrected chi connectivity index (χ1v) is 7.54. The van der Waals surface area contributed by atoms with Gasteiger partial charge in [0.15, 0.2) is 0 Å². The van der Waals surface area contributed by atoms with Crippen LogP contribution in [0.1, 0.15) is 25.3 Å². The third-order valence-electron chi connectivity index (χ3n) is 4.19. The van der Waals surface area contributed by atoms with Gasteiger partial charge in [0.25, 0.3) is 0 Å². The molecular weight excluding hydrogens is 270 g/mol. The summed E-state index contributed by atoms with van der Waals surface area (Å²) >= 11 is 0. The summed E-state index contributed by atoms with van der Waals surface area (Å²) in [7, 11) is 0. The summed E-state index contributed by atoms with van der Waals surface area (Å²) in [5, 5.41) is 2.26. The lowest BCUT2D eigenvalue weighted by Gasteiger charge is -2.10. The molecular formula is C19H17N3. The van der Waals surface area contributed by atoms with Gasteiger partial charge in [-0.25, -0.2) is 4.98 Å². The highest BCUT2D eigenvalue weighted by Gasteiger charge is 2.11. The monoisotopic (exact) mass is 287 g/mol. The molecule has 108 valence electrons. The molecule has 0 saturated carbocycles. The van der Waals surface area contributed by atoms with E-state index in [1.807, 2.05) is 12.4 Å². The summed E-state index contributed by atoms with van der Waals surface area (Å²) in [6.45, 7) is 4.44. The Bertz CT molecular complexity index is 967. The second kappa shape index (κ2) is 4.95. The van der Waals surface area contributed by atoms with Crippen molar-refractivity contribution in [2.24, 2.45) is 0 Å². The van der Waals surface area contributed by atoms with Crippen LogP contribution in [0.25, 0.3) is 32.9 Å². The number of nitrogens with one attached hydrogen (secondary N) is 1. The Balaban J connectivity index is 2.05. The minimum Gasteiger partial charge on any atom is -0.346 e. The average Bonchev–Trinajstić information content (AvgIpc) is 3.04. The molecule has 4 aromatic rings. The number of nitrogens with zero attached hydrogens (tertiary/aromatic N) is 2. The van der Waals surface area contributed by atoms with E-state index in [1.54, 1.807) is 6.33 Å². The fraction of sp³-hybridized carbons (Fsp3) is 0.158. The number of H-pyrrole nitrogens is 1. The summed E-state index contributed by atoms with van der Waals surface area (Å²) in [6.07, 6.45) is 5.48. The van der Waals surface area contributed by atoms with Crippen LogP contribution in [0.4, 0.5) is 0 Å². The molecule has 0 aliphatic rings. The summed E-state index contributed by atoms with van der Waals surface area (Å²) in [4.78, 5) is 12.0. The van der Waals surface area contributed by atoms with Gasteiger partial charge in [0.1, 0.15) is 0 Å². The first-order valence-electron chi connectivity index (χ1n) is 7.54. The van der Waals surface area contributed by atoms with Crippen molar-refractivity contribution in [1.82, 2.24) is 15.0 Å². The van der Waals surface area contributed by atoms with Crippen molar-refractivity contribution < 1.29 is 0 Å². The van der Waals surface area contributed by atoms with E-state index < -0.39 is 0 Å². The van der Waals surface area contributed by atoms with Crippen LogP contribution in [0.3, 0.4) is 0 Å². The Morgan fingerprint density at radius 3 is 2.82 bits per heavy atom. The molecule has 2 aromatic heterocycles. The fourth-order valence-corrected chi connectivity index (χ4v) is 2.96. The summed E-state index contributed by atoms with van der Waals surface area (Å²) < 4.78 is 0. The standard InChI is InChI=1S/C19H17N3/c1-12(2)13-4-3-5-14(8-13)16-9-18-17(10-20-11-22-18)15-6-7-21-19(15)16/h3-12H,1-2H3,(H,20,22). The van der Waals surface area contributed by atoms with E-state index in [1.165, 1.54) is 11.1 Å². The zero-order chi connectivity index (χ0) is 15.1. The molecule has 0 aliphatic carbocycles. The lowest BCUT2D eigenvalue weighted by molar-refractivity contribution is 0.867.